The van der Waals surface area contributed by atoms with Crippen molar-refractivity contribution in [1.29, 1.82) is 0 Å². The molecule has 1 amide bonds. The van der Waals surface area contributed by atoms with Gasteiger partial charge < -0.3 is 10.1 Å². The number of carbonyl (C=O) groups is 2. The van der Waals surface area contributed by atoms with Crippen LogP contribution in [0.5, 0.6) is 0 Å². The van der Waals surface area contributed by atoms with Crippen LogP contribution in [-0.2, 0) is 24.3 Å². The molecule has 1 saturated heterocycles. The maximum Gasteiger partial charge on any atom is 0.309 e. The van der Waals surface area contributed by atoms with Crippen molar-refractivity contribution >= 4 is 21.9 Å². The number of piperidine rings is 1. The Kier molecular flexibility index (Phi) is 6.89. The third-order valence-corrected chi connectivity index (χ3v) is 7.52. The zero-order chi connectivity index (χ0) is 21.0. The van der Waals surface area contributed by atoms with E-state index in [-0.39, 0.29) is 29.9 Å². The Morgan fingerprint density at radius 3 is 2.28 bits per heavy atom. The third kappa shape index (κ3) is 5.33. The number of halogens is 1. The molecule has 0 spiro atoms. The minimum Gasteiger partial charge on any atom is -0.452 e. The molecule has 160 valence electrons. The molecule has 2 fully saturated rings. The number of nitrogens with zero attached hydrogens (tertiary/aromatic N) is 1. The van der Waals surface area contributed by atoms with Crippen molar-refractivity contribution in [3.63, 3.8) is 0 Å². The first-order valence-corrected chi connectivity index (χ1v) is 11.5. The van der Waals surface area contributed by atoms with Crippen molar-refractivity contribution in [2.24, 2.45) is 5.92 Å². The molecule has 1 aliphatic heterocycles. The maximum absolute atomic E-state index is 13.0. The summed E-state index contributed by atoms with van der Waals surface area (Å²) in [6, 6.07) is 4.83. The summed E-state index contributed by atoms with van der Waals surface area (Å²) in [5.41, 5.74) is 0. The SMILES string of the molecule is CC(OC(=O)C1CCN(S(=O)(=O)c2ccc(F)cc2)CC1)C(=O)NC1CCCC1. The summed E-state index contributed by atoms with van der Waals surface area (Å²) in [6.07, 6.45) is 3.86. The predicted octanol–water partition coefficient (Wildman–Crippen LogP) is 2.22. The van der Waals surface area contributed by atoms with Crippen LogP contribution in [0.1, 0.15) is 45.4 Å². The highest BCUT2D eigenvalue weighted by atomic mass is 32.2. The molecule has 7 nitrogen and oxygen atoms in total. The smallest absolute Gasteiger partial charge is 0.309 e. The minimum absolute atomic E-state index is 0.0251. The van der Waals surface area contributed by atoms with Crippen LogP contribution in [0.2, 0.25) is 0 Å². The topological polar surface area (TPSA) is 92.8 Å². The van der Waals surface area contributed by atoms with E-state index in [1.54, 1.807) is 6.92 Å². The molecule has 0 bridgehead atoms. The summed E-state index contributed by atoms with van der Waals surface area (Å²) in [7, 11) is -3.73. The number of ether oxygens (including phenoxy) is 1. The summed E-state index contributed by atoms with van der Waals surface area (Å²) >= 11 is 0. The van der Waals surface area contributed by atoms with Gasteiger partial charge in [0.1, 0.15) is 5.82 Å². The Morgan fingerprint density at radius 2 is 1.69 bits per heavy atom. The van der Waals surface area contributed by atoms with Gasteiger partial charge in [-0.3, -0.25) is 9.59 Å². The Balaban J connectivity index is 1.49. The first-order chi connectivity index (χ1) is 13.8. The zero-order valence-electron chi connectivity index (χ0n) is 16.5. The second-order valence-electron chi connectivity index (χ2n) is 7.70. The second kappa shape index (κ2) is 9.21. The predicted molar refractivity (Wildman–Crippen MR) is 104 cm³/mol. The Labute approximate surface area is 170 Å². The van der Waals surface area contributed by atoms with E-state index in [4.69, 9.17) is 4.74 Å². The Hall–Kier alpha value is -2.00. The molecule has 1 aliphatic carbocycles. The van der Waals surface area contributed by atoms with Gasteiger partial charge in [0.05, 0.1) is 10.8 Å². The highest BCUT2D eigenvalue weighted by Crippen LogP contribution is 2.25. The highest BCUT2D eigenvalue weighted by Gasteiger charge is 2.34. The van der Waals surface area contributed by atoms with Crippen LogP contribution in [0.15, 0.2) is 29.2 Å². The normalized spacial score (nSPS) is 20.3. The summed E-state index contributed by atoms with van der Waals surface area (Å²) in [4.78, 5) is 24.6. The van der Waals surface area contributed by atoms with E-state index in [1.807, 2.05) is 0 Å². The number of hydrogen-bond donors (Lipinski definition) is 1. The molecule has 1 aromatic carbocycles. The largest absolute Gasteiger partial charge is 0.452 e. The van der Waals surface area contributed by atoms with Crippen LogP contribution in [0.3, 0.4) is 0 Å². The lowest BCUT2D eigenvalue weighted by Crippen LogP contribution is -2.43. The molecule has 2 aliphatic rings. The van der Waals surface area contributed by atoms with E-state index in [9.17, 15) is 22.4 Å². The Bertz CT molecular complexity index is 829. The van der Waals surface area contributed by atoms with Gasteiger partial charge in [-0.05, 0) is 56.9 Å². The van der Waals surface area contributed by atoms with Gasteiger partial charge in [0.25, 0.3) is 5.91 Å². The maximum atomic E-state index is 13.0. The van der Waals surface area contributed by atoms with Crippen LogP contribution < -0.4 is 5.32 Å². The first kappa shape index (κ1) is 21.7. The molecule has 0 radical (unpaired) electrons. The molecular weight excluding hydrogens is 399 g/mol. The van der Waals surface area contributed by atoms with E-state index in [1.165, 1.54) is 16.4 Å². The standard InChI is InChI=1S/C20H27FN2O5S/c1-14(19(24)22-17-4-2-3-5-17)28-20(25)15-10-12-23(13-11-15)29(26,27)18-8-6-16(21)7-9-18/h6-9,14-15,17H,2-5,10-13H2,1H3,(H,22,24). The molecule has 9 heteroatoms. The monoisotopic (exact) mass is 426 g/mol. The third-order valence-electron chi connectivity index (χ3n) is 5.60. The number of hydrogen-bond acceptors (Lipinski definition) is 5. The first-order valence-electron chi connectivity index (χ1n) is 10.0. The lowest BCUT2D eigenvalue weighted by Gasteiger charge is -2.30. The summed E-state index contributed by atoms with van der Waals surface area (Å²) in [6.45, 7) is 1.89. The number of rotatable bonds is 6. The van der Waals surface area contributed by atoms with E-state index in [2.05, 4.69) is 5.32 Å². The van der Waals surface area contributed by atoms with Crippen molar-refractivity contribution in [2.75, 3.05) is 13.1 Å². The molecule has 1 heterocycles. The number of sulfonamides is 1. The molecular formula is C20H27FN2O5S. The van der Waals surface area contributed by atoms with E-state index in [0.29, 0.717) is 12.8 Å². The van der Waals surface area contributed by atoms with Crippen molar-refractivity contribution in [3.8, 4) is 0 Å². The van der Waals surface area contributed by atoms with Gasteiger partial charge in [-0.15, -0.1) is 0 Å². The number of nitrogens with one attached hydrogen (secondary N) is 1. The van der Waals surface area contributed by atoms with Crippen molar-refractivity contribution < 1.29 is 27.1 Å². The number of esters is 1. The average molecular weight is 427 g/mol. The fourth-order valence-electron chi connectivity index (χ4n) is 3.80. The van der Waals surface area contributed by atoms with Crippen molar-refractivity contribution in [3.05, 3.63) is 30.1 Å². The average Bonchev–Trinajstić information content (AvgIpc) is 3.21. The molecule has 1 saturated carbocycles. The van der Waals surface area contributed by atoms with Crippen molar-refractivity contribution in [2.45, 2.75) is 62.5 Å². The highest BCUT2D eigenvalue weighted by molar-refractivity contribution is 7.89. The fraction of sp³-hybridized carbons (Fsp3) is 0.600. The number of amides is 1. The molecule has 1 N–H and O–H groups in total. The molecule has 1 atom stereocenters. The van der Waals surface area contributed by atoms with E-state index < -0.39 is 33.8 Å². The molecule has 1 unspecified atom stereocenters. The van der Waals surface area contributed by atoms with E-state index in [0.717, 1.165) is 37.8 Å². The molecule has 1 aromatic rings. The summed E-state index contributed by atoms with van der Waals surface area (Å²) in [5.74, 6) is -1.72. The van der Waals surface area contributed by atoms with Gasteiger partial charge in [-0.25, -0.2) is 12.8 Å². The van der Waals surface area contributed by atoms with Gasteiger partial charge in [-0.2, -0.15) is 4.31 Å². The lowest BCUT2D eigenvalue weighted by atomic mass is 9.98. The van der Waals surface area contributed by atoms with Crippen LogP contribution >= 0.6 is 0 Å². The lowest BCUT2D eigenvalue weighted by molar-refractivity contribution is -0.160. The summed E-state index contributed by atoms with van der Waals surface area (Å²) in [5, 5.41) is 2.91. The minimum atomic E-state index is -3.73. The zero-order valence-corrected chi connectivity index (χ0v) is 17.3. The van der Waals surface area contributed by atoms with Gasteiger partial charge >= 0.3 is 5.97 Å². The number of benzene rings is 1. The van der Waals surface area contributed by atoms with Crippen molar-refractivity contribution in [1.82, 2.24) is 9.62 Å². The molecule has 3 rings (SSSR count). The molecule has 0 aromatic heterocycles. The van der Waals surface area contributed by atoms with Crippen LogP contribution in [0.25, 0.3) is 0 Å². The summed E-state index contributed by atoms with van der Waals surface area (Å²) < 4.78 is 44.9. The number of carbonyl (C=O) groups excluding carboxylic acids is 2. The van der Waals surface area contributed by atoms with Crippen LogP contribution in [0.4, 0.5) is 4.39 Å². The van der Waals surface area contributed by atoms with Crippen LogP contribution in [-0.4, -0.2) is 49.8 Å². The Morgan fingerprint density at radius 1 is 1.10 bits per heavy atom. The quantitative estimate of drug-likeness (QED) is 0.704. The fourth-order valence-corrected chi connectivity index (χ4v) is 5.27. The molecule has 29 heavy (non-hydrogen) atoms. The van der Waals surface area contributed by atoms with Gasteiger partial charge in [0.15, 0.2) is 6.10 Å². The van der Waals surface area contributed by atoms with E-state index >= 15 is 0 Å². The van der Waals surface area contributed by atoms with Gasteiger partial charge in [-0.1, -0.05) is 12.8 Å². The van der Waals surface area contributed by atoms with Crippen LogP contribution in [0, 0.1) is 11.7 Å². The van der Waals surface area contributed by atoms with Gasteiger partial charge in [0.2, 0.25) is 10.0 Å². The second-order valence-corrected chi connectivity index (χ2v) is 9.64. The van der Waals surface area contributed by atoms with Gasteiger partial charge in [0, 0.05) is 19.1 Å².